The normalized spacial score (nSPS) is 18.3. The van der Waals surface area contributed by atoms with Crippen LogP contribution in [0.5, 0.6) is 0 Å². The highest BCUT2D eigenvalue weighted by atomic mass is 15.2. The number of nitrogens with one attached hydrogen (secondary N) is 1. The zero-order chi connectivity index (χ0) is 13.0. The lowest BCUT2D eigenvalue weighted by Gasteiger charge is -2.26. The summed E-state index contributed by atoms with van der Waals surface area (Å²) in [5.41, 5.74) is 1.83. The van der Waals surface area contributed by atoms with Gasteiger partial charge in [-0.15, -0.1) is 0 Å². The fraction of sp³-hybridized carbons (Fsp3) is 0.667. The fourth-order valence-corrected chi connectivity index (χ4v) is 2.91. The second-order valence-electron chi connectivity index (χ2n) is 5.43. The van der Waals surface area contributed by atoms with Crippen LogP contribution in [0, 0.1) is 5.41 Å². The van der Waals surface area contributed by atoms with E-state index in [-0.39, 0.29) is 0 Å². The minimum absolute atomic E-state index is 0.515. The van der Waals surface area contributed by atoms with Crippen LogP contribution in [0.15, 0.2) is 18.3 Å². The standard InChI is InChI=1S/C15H25N3/c1-4-15(5-2)7-9-18(12-15)14-10-13(11-16-3)6-8-17-14/h6,8,10,16H,4-5,7,9,11-12H2,1-3H3. The first kappa shape index (κ1) is 13.3. The number of pyridine rings is 1. The number of anilines is 1. The number of aromatic nitrogens is 1. The Kier molecular flexibility index (Phi) is 4.23. The van der Waals surface area contributed by atoms with Gasteiger partial charge in [-0.05, 0) is 49.4 Å². The number of nitrogens with zero attached hydrogens (tertiary/aromatic N) is 2. The third-order valence-corrected chi connectivity index (χ3v) is 4.45. The van der Waals surface area contributed by atoms with Gasteiger partial charge < -0.3 is 10.2 Å². The maximum absolute atomic E-state index is 4.54. The molecule has 1 aliphatic heterocycles. The summed E-state index contributed by atoms with van der Waals surface area (Å²) in [6.45, 7) is 7.86. The molecule has 1 aromatic rings. The van der Waals surface area contributed by atoms with Crippen molar-refractivity contribution in [2.45, 2.75) is 39.7 Å². The van der Waals surface area contributed by atoms with Crippen molar-refractivity contribution in [3.63, 3.8) is 0 Å². The summed E-state index contributed by atoms with van der Waals surface area (Å²) < 4.78 is 0. The predicted octanol–water partition coefficient (Wildman–Crippen LogP) is 2.82. The van der Waals surface area contributed by atoms with E-state index in [1.807, 2.05) is 13.2 Å². The number of hydrogen-bond acceptors (Lipinski definition) is 3. The molecule has 1 aromatic heterocycles. The average Bonchev–Trinajstić information content (AvgIpc) is 2.85. The van der Waals surface area contributed by atoms with Gasteiger partial charge in [-0.2, -0.15) is 0 Å². The first-order valence-electron chi connectivity index (χ1n) is 7.07. The smallest absolute Gasteiger partial charge is 0.128 e. The highest BCUT2D eigenvalue weighted by molar-refractivity contribution is 5.42. The van der Waals surface area contributed by atoms with Gasteiger partial charge in [0.1, 0.15) is 5.82 Å². The van der Waals surface area contributed by atoms with Crippen molar-refractivity contribution in [3.8, 4) is 0 Å². The predicted molar refractivity (Wildman–Crippen MR) is 76.8 cm³/mol. The quantitative estimate of drug-likeness (QED) is 0.867. The molecule has 0 bridgehead atoms. The Bertz CT molecular complexity index is 385. The Hall–Kier alpha value is -1.09. The Morgan fingerprint density at radius 2 is 2.17 bits per heavy atom. The molecule has 0 unspecified atom stereocenters. The van der Waals surface area contributed by atoms with E-state index < -0.39 is 0 Å². The lowest BCUT2D eigenvalue weighted by molar-refractivity contribution is 0.301. The van der Waals surface area contributed by atoms with Crippen molar-refractivity contribution in [2.75, 3.05) is 25.0 Å². The topological polar surface area (TPSA) is 28.2 Å². The van der Waals surface area contributed by atoms with E-state index in [0.717, 1.165) is 25.5 Å². The molecule has 2 heterocycles. The number of rotatable bonds is 5. The van der Waals surface area contributed by atoms with Crippen LogP contribution in [-0.4, -0.2) is 25.1 Å². The minimum atomic E-state index is 0.515. The molecule has 0 aromatic carbocycles. The van der Waals surface area contributed by atoms with Gasteiger partial charge in [-0.1, -0.05) is 13.8 Å². The fourth-order valence-electron chi connectivity index (χ4n) is 2.91. The lowest BCUT2D eigenvalue weighted by Crippen LogP contribution is -2.26. The van der Waals surface area contributed by atoms with Crippen molar-refractivity contribution in [2.24, 2.45) is 5.41 Å². The van der Waals surface area contributed by atoms with Crippen LogP contribution in [0.25, 0.3) is 0 Å². The summed E-state index contributed by atoms with van der Waals surface area (Å²) in [5.74, 6) is 1.14. The van der Waals surface area contributed by atoms with E-state index in [4.69, 9.17) is 0 Å². The molecule has 0 amide bonds. The molecule has 3 heteroatoms. The third-order valence-electron chi connectivity index (χ3n) is 4.45. The maximum atomic E-state index is 4.54. The van der Waals surface area contributed by atoms with Gasteiger partial charge >= 0.3 is 0 Å². The summed E-state index contributed by atoms with van der Waals surface area (Å²) >= 11 is 0. The van der Waals surface area contributed by atoms with Gasteiger partial charge in [0.25, 0.3) is 0 Å². The maximum Gasteiger partial charge on any atom is 0.128 e. The van der Waals surface area contributed by atoms with Crippen molar-refractivity contribution >= 4 is 5.82 Å². The molecule has 1 aliphatic rings. The second kappa shape index (κ2) is 5.70. The molecule has 3 nitrogen and oxygen atoms in total. The zero-order valence-corrected chi connectivity index (χ0v) is 11.9. The Morgan fingerprint density at radius 1 is 1.39 bits per heavy atom. The molecule has 18 heavy (non-hydrogen) atoms. The molecule has 2 rings (SSSR count). The van der Waals surface area contributed by atoms with Crippen molar-refractivity contribution in [1.82, 2.24) is 10.3 Å². The molecule has 1 fully saturated rings. The molecule has 0 aliphatic carbocycles. The van der Waals surface area contributed by atoms with Gasteiger partial charge in [-0.3, -0.25) is 0 Å². The van der Waals surface area contributed by atoms with Gasteiger partial charge in [-0.25, -0.2) is 4.98 Å². The van der Waals surface area contributed by atoms with E-state index in [1.54, 1.807) is 0 Å². The van der Waals surface area contributed by atoms with Crippen molar-refractivity contribution < 1.29 is 0 Å². The summed E-state index contributed by atoms with van der Waals surface area (Å²) in [4.78, 5) is 6.99. The molecular formula is C15H25N3. The highest BCUT2D eigenvalue weighted by Gasteiger charge is 2.35. The lowest BCUT2D eigenvalue weighted by atomic mass is 9.82. The van der Waals surface area contributed by atoms with Crippen LogP contribution in [0.3, 0.4) is 0 Å². The van der Waals surface area contributed by atoms with Crippen LogP contribution in [-0.2, 0) is 6.54 Å². The average molecular weight is 247 g/mol. The molecule has 1 saturated heterocycles. The summed E-state index contributed by atoms with van der Waals surface area (Å²) in [6, 6.07) is 4.31. The first-order valence-corrected chi connectivity index (χ1v) is 7.07. The van der Waals surface area contributed by atoms with Crippen LogP contribution in [0.4, 0.5) is 5.82 Å². The van der Waals surface area contributed by atoms with Crippen LogP contribution < -0.4 is 10.2 Å². The molecule has 0 spiro atoms. The second-order valence-corrected chi connectivity index (χ2v) is 5.43. The van der Waals surface area contributed by atoms with Gasteiger partial charge in [0.15, 0.2) is 0 Å². The summed E-state index contributed by atoms with van der Waals surface area (Å²) in [5, 5.41) is 3.19. The zero-order valence-electron chi connectivity index (χ0n) is 11.9. The molecular weight excluding hydrogens is 222 g/mol. The first-order chi connectivity index (χ1) is 8.73. The van der Waals surface area contributed by atoms with E-state index >= 15 is 0 Å². The summed E-state index contributed by atoms with van der Waals surface area (Å²) in [7, 11) is 1.98. The van der Waals surface area contributed by atoms with Gasteiger partial charge in [0.05, 0.1) is 0 Å². The molecule has 0 radical (unpaired) electrons. The van der Waals surface area contributed by atoms with Crippen molar-refractivity contribution in [1.29, 1.82) is 0 Å². The molecule has 0 atom stereocenters. The largest absolute Gasteiger partial charge is 0.356 e. The third kappa shape index (κ3) is 2.66. The SMILES string of the molecule is CCC1(CC)CCN(c2cc(CNC)ccn2)C1. The van der Waals surface area contributed by atoms with E-state index in [9.17, 15) is 0 Å². The van der Waals surface area contributed by atoms with E-state index in [0.29, 0.717) is 5.41 Å². The van der Waals surface area contributed by atoms with E-state index in [1.165, 1.54) is 24.8 Å². The van der Waals surface area contributed by atoms with Crippen LogP contribution in [0.2, 0.25) is 0 Å². The van der Waals surface area contributed by atoms with E-state index in [2.05, 4.69) is 41.2 Å². The van der Waals surface area contributed by atoms with Crippen LogP contribution >= 0.6 is 0 Å². The molecule has 0 saturated carbocycles. The number of hydrogen-bond donors (Lipinski definition) is 1. The Morgan fingerprint density at radius 3 is 2.78 bits per heavy atom. The molecule has 100 valence electrons. The Balaban J connectivity index is 2.11. The Labute approximate surface area is 111 Å². The van der Waals surface area contributed by atoms with Gasteiger partial charge in [0, 0.05) is 25.8 Å². The van der Waals surface area contributed by atoms with Gasteiger partial charge in [0.2, 0.25) is 0 Å². The van der Waals surface area contributed by atoms with Crippen molar-refractivity contribution in [3.05, 3.63) is 23.9 Å². The molecule has 1 N–H and O–H groups in total. The monoisotopic (exact) mass is 247 g/mol. The summed E-state index contributed by atoms with van der Waals surface area (Å²) in [6.07, 6.45) is 5.78. The van der Waals surface area contributed by atoms with Crippen LogP contribution in [0.1, 0.15) is 38.7 Å². The minimum Gasteiger partial charge on any atom is -0.356 e. The highest BCUT2D eigenvalue weighted by Crippen LogP contribution is 2.38.